The van der Waals surface area contributed by atoms with Gasteiger partial charge in [0.05, 0.1) is 0 Å². The van der Waals surface area contributed by atoms with Crippen molar-refractivity contribution >= 4 is 17.7 Å². The quantitative estimate of drug-likeness (QED) is 0.637. The number of piperazine rings is 1. The first kappa shape index (κ1) is 24.6. The van der Waals surface area contributed by atoms with Crippen molar-refractivity contribution in [3.8, 4) is 5.75 Å². The van der Waals surface area contributed by atoms with Crippen molar-refractivity contribution in [2.45, 2.75) is 77.3 Å². The van der Waals surface area contributed by atoms with Crippen LogP contribution in [0, 0.1) is 5.92 Å². The number of rotatable bonds is 6. The predicted molar refractivity (Wildman–Crippen MR) is 131 cm³/mol. The Balaban J connectivity index is 1.23. The topological polar surface area (TPSA) is 70.2 Å². The molecule has 7 heteroatoms. The van der Waals surface area contributed by atoms with Gasteiger partial charge in [0.2, 0.25) is 5.91 Å². The highest BCUT2D eigenvalue weighted by Gasteiger charge is 2.29. The normalized spacial score (nSPS) is 23.8. The van der Waals surface area contributed by atoms with E-state index in [9.17, 15) is 14.4 Å². The van der Waals surface area contributed by atoms with E-state index >= 15 is 0 Å². The lowest BCUT2D eigenvalue weighted by Crippen LogP contribution is -2.50. The molecule has 7 nitrogen and oxygen atoms in total. The molecule has 0 aromatic heterocycles. The molecule has 0 N–H and O–H groups in total. The summed E-state index contributed by atoms with van der Waals surface area (Å²) in [6, 6.07) is 7.52. The number of carbonyl (C=O) groups excluding carboxylic acids is 3. The summed E-state index contributed by atoms with van der Waals surface area (Å²) in [5, 5.41) is 0. The van der Waals surface area contributed by atoms with Crippen LogP contribution >= 0.6 is 0 Å². The molecule has 1 saturated carbocycles. The maximum atomic E-state index is 12.9. The molecule has 4 rings (SSSR count). The molecular weight excluding hydrogens is 430 g/mol. The molecule has 0 bridgehead atoms. The zero-order valence-electron chi connectivity index (χ0n) is 20.7. The van der Waals surface area contributed by atoms with E-state index in [0.29, 0.717) is 49.8 Å². The van der Waals surface area contributed by atoms with E-state index in [-0.39, 0.29) is 36.4 Å². The third-order valence-electron chi connectivity index (χ3n) is 7.80. The fraction of sp³-hybridized carbons (Fsp3) is 0.667. The van der Waals surface area contributed by atoms with Crippen molar-refractivity contribution in [3.63, 3.8) is 0 Å². The molecule has 2 unspecified atom stereocenters. The van der Waals surface area contributed by atoms with Gasteiger partial charge < -0.3 is 19.4 Å². The molecule has 34 heavy (non-hydrogen) atoms. The van der Waals surface area contributed by atoms with Gasteiger partial charge in [-0.15, -0.1) is 0 Å². The second-order valence-electron chi connectivity index (χ2n) is 10.3. The average Bonchev–Trinajstić information content (AvgIpc) is 3.35. The Hall–Kier alpha value is -2.57. The summed E-state index contributed by atoms with van der Waals surface area (Å²) >= 11 is 0. The fourth-order valence-corrected chi connectivity index (χ4v) is 5.76. The van der Waals surface area contributed by atoms with Crippen LogP contribution in [0.15, 0.2) is 24.3 Å². The first-order chi connectivity index (χ1) is 16.4. The molecule has 3 aliphatic rings. The summed E-state index contributed by atoms with van der Waals surface area (Å²) in [6.45, 7) is 6.54. The van der Waals surface area contributed by atoms with Crippen molar-refractivity contribution < 1.29 is 19.1 Å². The van der Waals surface area contributed by atoms with E-state index in [1.807, 2.05) is 14.7 Å². The van der Waals surface area contributed by atoms with Gasteiger partial charge in [0.15, 0.2) is 6.61 Å². The zero-order valence-corrected chi connectivity index (χ0v) is 20.7. The van der Waals surface area contributed by atoms with Gasteiger partial charge in [0.1, 0.15) is 5.75 Å². The number of benzene rings is 1. The summed E-state index contributed by atoms with van der Waals surface area (Å²) in [6.07, 6.45) is 8.74. The molecule has 1 aliphatic carbocycles. The highest BCUT2D eigenvalue weighted by molar-refractivity contribution is 5.94. The second-order valence-corrected chi connectivity index (χ2v) is 10.3. The highest BCUT2D eigenvalue weighted by atomic mass is 16.5. The highest BCUT2D eigenvalue weighted by Crippen LogP contribution is 2.28. The van der Waals surface area contributed by atoms with E-state index in [1.165, 1.54) is 25.7 Å². The van der Waals surface area contributed by atoms with Crippen LogP contribution in [0.5, 0.6) is 5.75 Å². The third kappa shape index (κ3) is 5.91. The van der Waals surface area contributed by atoms with Crippen molar-refractivity contribution in [2.75, 3.05) is 32.8 Å². The number of ether oxygens (including phenoxy) is 1. The maximum absolute atomic E-state index is 12.9. The molecule has 2 heterocycles. The number of piperidine rings is 1. The molecule has 2 atom stereocenters. The van der Waals surface area contributed by atoms with Crippen molar-refractivity contribution in [3.05, 3.63) is 29.8 Å². The van der Waals surface area contributed by atoms with E-state index in [4.69, 9.17) is 4.74 Å². The van der Waals surface area contributed by atoms with E-state index < -0.39 is 0 Å². The SMILES string of the molecule is CC1CCCC(C)N1C(=O)COc1ccc(C(=O)N2CCN(C(=O)CC3CCCC3)CC2)cc1. The largest absolute Gasteiger partial charge is 0.484 e. The van der Waals surface area contributed by atoms with Gasteiger partial charge in [-0.05, 0) is 76.1 Å². The summed E-state index contributed by atoms with van der Waals surface area (Å²) in [4.78, 5) is 43.8. The first-order valence-corrected chi connectivity index (χ1v) is 13.0. The van der Waals surface area contributed by atoms with E-state index in [1.54, 1.807) is 24.3 Å². The first-order valence-electron chi connectivity index (χ1n) is 13.0. The van der Waals surface area contributed by atoms with Crippen LogP contribution in [-0.2, 0) is 9.59 Å². The number of nitrogens with zero attached hydrogens (tertiary/aromatic N) is 3. The van der Waals surface area contributed by atoms with Crippen LogP contribution in [0.2, 0.25) is 0 Å². The fourth-order valence-electron chi connectivity index (χ4n) is 5.76. The number of carbonyl (C=O) groups is 3. The molecule has 0 radical (unpaired) electrons. The lowest BCUT2D eigenvalue weighted by molar-refractivity contribution is -0.139. The van der Waals surface area contributed by atoms with Gasteiger partial charge in [-0.3, -0.25) is 14.4 Å². The Morgan fingerprint density at radius 2 is 1.38 bits per heavy atom. The smallest absolute Gasteiger partial charge is 0.260 e. The predicted octanol–water partition coefficient (Wildman–Crippen LogP) is 3.72. The van der Waals surface area contributed by atoms with Gasteiger partial charge in [-0.1, -0.05) is 12.8 Å². The third-order valence-corrected chi connectivity index (χ3v) is 7.80. The van der Waals surface area contributed by atoms with Gasteiger partial charge in [0.25, 0.3) is 11.8 Å². The maximum Gasteiger partial charge on any atom is 0.260 e. The Morgan fingerprint density at radius 1 is 0.794 bits per heavy atom. The summed E-state index contributed by atoms with van der Waals surface area (Å²) in [5.41, 5.74) is 0.600. The molecule has 3 fully saturated rings. The van der Waals surface area contributed by atoms with Crippen LogP contribution in [0.3, 0.4) is 0 Å². The Kier molecular flexibility index (Phi) is 8.11. The average molecular weight is 470 g/mol. The van der Waals surface area contributed by atoms with E-state index in [0.717, 1.165) is 19.3 Å². The molecule has 186 valence electrons. The Labute approximate surface area is 203 Å². The van der Waals surface area contributed by atoms with Crippen LogP contribution in [0.1, 0.15) is 75.6 Å². The van der Waals surface area contributed by atoms with Gasteiger partial charge in [-0.2, -0.15) is 0 Å². The minimum Gasteiger partial charge on any atom is -0.484 e. The van der Waals surface area contributed by atoms with Crippen molar-refractivity contribution in [2.24, 2.45) is 5.92 Å². The summed E-state index contributed by atoms with van der Waals surface area (Å²) in [7, 11) is 0. The second kappa shape index (κ2) is 11.2. The molecule has 0 spiro atoms. The minimum absolute atomic E-state index is 0.0127. The molecule has 2 aliphatic heterocycles. The lowest BCUT2D eigenvalue weighted by atomic mass is 9.97. The van der Waals surface area contributed by atoms with Crippen LogP contribution in [-0.4, -0.2) is 77.3 Å². The monoisotopic (exact) mass is 469 g/mol. The van der Waals surface area contributed by atoms with Crippen LogP contribution in [0.25, 0.3) is 0 Å². The Morgan fingerprint density at radius 3 is 2.00 bits per heavy atom. The number of hydrogen-bond donors (Lipinski definition) is 0. The zero-order chi connectivity index (χ0) is 24.1. The number of likely N-dealkylation sites (tertiary alicyclic amines) is 1. The summed E-state index contributed by atoms with van der Waals surface area (Å²) in [5.74, 6) is 1.37. The van der Waals surface area contributed by atoms with Gasteiger partial charge >= 0.3 is 0 Å². The van der Waals surface area contributed by atoms with Crippen LogP contribution < -0.4 is 4.74 Å². The Bertz CT molecular complexity index is 847. The van der Waals surface area contributed by atoms with Gasteiger partial charge in [-0.25, -0.2) is 0 Å². The van der Waals surface area contributed by atoms with E-state index in [2.05, 4.69) is 13.8 Å². The molecule has 1 aromatic carbocycles. The van der Waals surface area contributed by atoms with Crippen LogP contribution in [0.4, 0.5) is 0 Å². The minimum atomic E-state index is -0.0264. The van der Waals surface area contributed by atoms with Gasteiger partial charge in [0, 0.05) is 50.2 Å². The summed E-state index contributed by atoms with van der Waals surface area (Å²) < 4.78 is 5.73. The molecule has 1 aromatic rings. The standard InChI is InChI=1S/C27H39N3O4/c1-20-6-5-7-21(2)30(20)26(32)19-34-24-12-10-23(11-13-24)27(33)29-16-14-28(15-17-29)25(31)18-22-8-3-4-9-22/h10-13,20-22H,3-9,14-19H2,1-2H3. The van der Waals surface area contributed by atoms with Crippen molar-refractivity contribution in [1.82, 2.24) is 14.7 Å². The number of hydrogen-bond acceptors (Lipinski definition) is 4. The van der Waals surface area contributed by atoms with Crippen molar-refractivity contribution in [1.29, 1.82) is 0 Å². The number of amides is 3. The lowest BCUT2D eigenvalue weighted by Gasteiger charge is -2.39. The molecular formula is C27H39N3O4. The molecule has 2 saturated heterocycles. The molecule has 3 amide bonds.